The third-order valence-corrected chi connectivity index (χ3v) is 2.82. The van der Waals surface area contributed by atoms with Gasteiger partial charge >= 0.3 is 0 Å². The lowest BCUT2D eigenvalue weighted by molar-refractivity contribution is -0.162. The molecule has 0 fully saturated rings. The van der Waals surface area contributed by atoms with Gasteiger partial charge in [-0.1, -0.05) is 51.5 Å². The van der Waals surface area contributed by atoms with Gasteiger partial charge in [0.15, 0.2) is 0 Å². The van der Waals surface area contributed by atoms with Crippen LogP contribution in [0.15, 0.2) is 12.2 Å². The standard InChI is InChI=1S/C14H27NO2/c1-4-5-6-7-8-9-10-11-12-13-14(16)15(2)17-3/h12-13H,4-11H2,1-3H3/b13-12+. The van der Waals surface area contributed by atoms with E-state index in [4.69, 9.17) is 4.84 Å². The average molecular weight is 241 g/mol. The Bertz CT molecular complexity index is 214. The summed E-state index contributed by atoms with van der Waals surface area (Å²) in [7, 11) is 3.10. The maximum absolute atomic E-state index is 11.3. The van der Waals surface area contributed by atoms with Crippen molar-refractivity contribution in [3.63, 3.8) is 0 Å². The number of hydrogen-bond acceptors (Lipinski definition) is 2. The van der Waals surface area contributed by atoms with Crippen LogP contribution < -0.4 is 0 Å². The number of carbonyl (C=O) groups is 1. The van der Waals surface area contributed by atoms with Gasteiger partial charge in [-0.05, 0) is 12.8 Å². The molecule has 17 heavy (non-hydrogen) atoms. The van der Waals surface area contributed by atoms with E-state index in [1.165, 1.54) is 57.1 Å². The number of carbonyl (C=O) groups excluding carboxylic acids is 1. The van der Waals surface area contributed by atoms with Crippen molar-refractivity contribution in [2.75, 3.05) is 14.2 Å². The number of hydrogen-bond donors (Lipinski definition) is 0. The monoisotopic (exact) mass is 241 g/mol. The molecule has 0 atom stereocenters. The van der Waals surface area contributed by atoms with Gasteiger partial charge in [-0.25, -0.2) is 5.06 Å². The predicted molar refractivity (Wildman–Crippen MR) is 71.5 cm³/mol. The zero-order valence-electron chi connectivity index (χ0n) is 11.6. The molecule has 0 saturated heterocycles. The predicted octanol–water partition coefficient (Wildman–Crippen LogP) is 3.70. The molecule has 0 aromatic heterocycles. The first kappa shape index (κ1) is 16.2. The lowest BCUT2D eigenvalue weighted by atomic mass is 10.1. The lowest BCUT2D eigenvalue weighted by Crippen LogP contribution is -2.22. The van der Waals surface area contributed by atoms with Crippen LogP contribution in [-0.4, -0.2) is 25.1 Å². The summed E-state index contributed by atoms with van der Waals surface area (Å²) in [5.74, 6) is -0.101. The van der Waals surface area contributed by atoms with E-state index >= 15 is 0 Å². The van der Waals surface area contributed by atoms with Crippen molar-refractivity contribution < 1.29 is 9.63 Å². The van der Waals surface area contributed by atoms with Crippen molar-refractivity contribution in [1.29, 1.82) is 0 Å². The number of amides is 1. The first-order chi connectivity index (χ1) is 8.22. The molecule has 0 saturated carbocycles. The summed E-state index contributed by atoms with van der Waals surface area (Å²) in [4.78, 5) is 16.1. The number of nitrogens with zero attached hydrogens (tertiary/aromatic N) is 1. The molecule has 0 aliphatic rings. The summed E-state index contributed by atoms with van der Waals surface area (Å²) < 4.78 is 0. The Labute approximate surface area is 106 Å². The van der Waals surface area contributed by atoms with Crippen LogP contribution in [-0.2, 0) is 9.63 Å². The fourth-order valence-corrected chi connectivity index (χ4v) is 1.60. The summed E-state index contributed by atoms with van der Waals surface area (Å²) in [6, 6.07) is 0. The molecule has 0 N–H and O–H groups in total. The van der Waals surface area contributed by atoms with Crippen LogP contribution in [0.3, 0.4) is 0 Å². The van der Waals surface area contributed by atoms with Crippen LogP contribution in [0.1, 0.15) is 58.3 Å². The number of unbranched alkanes of at least 4 members (excludes halogenated alkanes) is 7. The van der Waals surface area contributed by atoms with E-state index in [0.717, 1.165) is 6.42 Å². The number of allylic oxidation sites excluding steroid dienone is 1. The van der Waals surface area contributed by atoms with E-state index in [2.05, 4.69) is 6.92 Å². The molecule has 0 heterocycles. The van der Waals surface area contributed by atoms with Crippen LogP contribution in [0.5, 0.6) is 0 Å². The highest BCUT2D eigenvalue weighted by molar-refractivity contribution is 5.86. The van der Waals surface area contributed by atoms with Crippen LogP contribution in [0.2, 0.25) is 0 Å². The molecule has 0 aromatic rings. The molecule has 1 amide bonds. The topological polar surface area (TPSA) is 29.5 Å². The van der Waals surface area contributed by atoms with Gasteiger partial charge in [0.25, 0.3) is 5.91 Å². The smallest absolute Gasteiger partial charge is 0.269 e. The quantitative estimate of drug-likeness (QED) is 0.331. The van der Waals surface area contributed by atoms with E-state index in [0.29, 0.717) is 0 Å². The minimum absolute atomic E-state index is 0.101. The van der Waals surface area contributed by atoms with E-state index in [-0.39, 0.29) is 5.91 Å². The SMILES string of the molecule is CCCCCCCCC/C=C/C(=O)N(C)OC. The molecular weight excluding hydrogens is 214 g/mol. The highest BCUT2D eigenvalue weighted by atomic mass is 16.7. The Kier molecular flexibility index (Phi) is 11.1. The van der Waals surface area contributed by atoms with Crippen molar-refractivity contribution in [2.45, 2.75) is 58.3 Å². The Morgan fingerprint density at radius 2 is 1.71 bits per heavy atom. The highest BCUT2D eigenvalue weighted by Crippen LogP contribution is 2.08. The second kappa shape index (κ2) is 11.6. The van der Waals surface area contributed by atoms with Crippen molar-refractivity contribution >= 4 is 5.91 Å². The van der Waals surface area contributed by atoms with E-state index in [9.17, 15) is 4.79 Å². The maximum atomic E-state index is 11.3. The van der Waals surface area contributed by atoms with E-state index in [1.807, 2.05) is 6.08 Å². The molecule has 0 spiro atoms. The summed E-state index contributed by atoms with van der Waals surface area (Å²) in [5, 5.41) is 1.22. The van der Waals surface area contributed by atoms with Crippen molar-refractivity contribution in [3.05, 3.63) is 12.2 Å². The molecular formula is C14H27NO2. The van der Waals surface area contributed by atoms with Gasteiger partial charge in [-0.3, -0.25) is 9.63 Å². The summed E-state index contributed by atoms with van der Waals surface area (Å²) >= 11 is 0. The van der Waals surface area contributed by atoms with Crippen LogP contribution in [0.25, 0.3) is 0 Å². The van der Waals surface area contributed by atoms with E-state index < -0.39 is 0 Å². The third kappa shape index (κ3) is 10.1. The van der Waals surface area contributed by atoms with Crippen LogP contribution >= 0.6 is 0 Å². The maximum Gasteiger partial charge on any atom is 0.269 e. The molecule has 3 heteroatoms. The summed E-state index contributed by atoms with van der Waals surface area (Å²) in [6.45, 7) is 2.23. The number of rotatable bonds is 10. The minimum Gasteiger partial charge on any atom is -0.274 e. The van der Waals surface area contributed by atoms with Gasteiger partial charge in [-0.2, -0.15) is 0 Å². The molecule has 0 unspecified atom stereocenters. The minimum atomic E-state index is -0.101. The van der Waals surface area contributed by atoms with Gasteiger partial charge in [0.2, 0.25) is 0 Å². The lowest BCUT2D eigenvalue weighted by Gasteiger charge is -2.09. The summed E-state index contributed by atoms with van der Waals surface area (Å²) in [5.41, 5.74) is 0. The Hall–Kier alpha value is -0.830. The molecule has 100 valence electrons. The largest absolute Gasteiger partial charge is 0.274 e. The molecule has 0 aromatic carbocycles. The zero-order valence-corrected chi connectivity index (χ0v) is 11.6. The zero-order chi connectivity index (χ0) is 12.9. The van der Waals surface area contributed by atoms with Gasteiger partial charge < -0.3 is 0 Å². The van der Waals surface area contributed by atoms with Crippen molar-refractivity contribution in [2.24, 2.45) is 0 Å². The molecule has 0 aliphatic heterocycles. The third-order valence-electron chi connectivity index (χ3n) is 2.82. The first-order valence-corrected chi connectivity index (χ1v) is 6.70. The summed E-state index contributed by atoms with van der Waals surface area (Å²) in [6.07, 6.45) is 13.6. The second-order valence-electron chi connectivity index (χ2n) is 4.33. The van der Waals surface area contributed by atoms with Crippen molar-refractivity contribution in [1.82, 2.24) is 5.06 Å². The van der Waals surface area contributed by atoms with Gasteiger partial charge in [0, 0.05) is 13.1 Å². The molecule has 3 nitrogen and oxygen atoms in total. The average Bonchev–Trinajstić information content (AvgIpc) is 2.35. The first-order valence-electron chi connectivity index (χ1n) is 6.70. The molecule has 0 rings (SSSR count). The highest BCUT2D eigenvalue weighted by Gasteiger charge is 2.00. The van der Waals surface area contributed by atoms with Gasteiger partial charge in [-0.15, -0.1) is 0 Å². The molecule has 0 aliphatic carbocycles. The van der Waals surface area contributed by atoms with Crippen LogP contribution in [0, 0.1) is 0 Å². The van der Waals surface area contributed by atoms with Crippen molar-refractivity contribution in [3.8, 4) is 0 Å². The Morgan fingerprint density at radius 1 is 1.12 bits per heavy atom. The van der Waals surface area contributed by atoms with Gasteiger partial charge in [0.05, 0.1) is 7.11 Å². The Morgan fingerprint density at radius 3 is 2.29 bits per heavy atom. The molecule has 0 radical (unpaired) electrons. The normalized spacial score (nSPS) is 11.0. The number of likely N-dealkylation sites (N-methyl/N-ethyl adjacent to an activating group) is 1. The van der Waals surface area contributed by atoms with E-state index in [1.54, 1.807) is 13.1 Å². The fraction of sp³-hybridized carbons (Fsp3) is 0.786. The van der Waals surface area contributed by atoms with Gasteiger partial charge in [0.1, 0.15) is 0 Å². The van der Waals surface area contributed by atoms with Crippen LogP contribution in [0.4, 0.5) is 0 Å². The Balaban J connectivity index is 3.33. The second-order valence-corrected chi connectivity index (χ2v) is 4.33. The molecule has 0 bridgehead atoms. The number of hydroxylamine groups is 2. The fourth-order valence-electron chi connectivity index (χ4n) is 1.60.